The van der Waals surface area contributed by atoms with Gasteiger partial charge in [0.05, 0.1) is 17.7 Å². The smallest absolute Gasteiger partial charge is 0.344 e. The van der Waals surface area contributed by atoms with E-state index in [9.17, 15) is 14.4 Å². The molecule has 10 heteroatoms. The zero-order chi connectivity index (χ0) is 22.3. The highest BCUT2D eigenvalue weighted by atomic mass is 79.9. The van der Waals surface area contributed by atoms with Crippen LogP contribution in [0.1, 0.15) is 19.4 Å². The largest absolute Gasteiger partial charge is 0.490 e. The summed E-state index contributed by atoms with van der Waals surface area (Å²) in [6, 6.07) is 3.24. The number of hydrogen-bond acceptors (Lipinski definition) is 7. The summed E-state index contributed by atoms with van der Waals surface area (Å²) in [5.41, 5.74) is 0.429. The van der Waals surface area contributed by atoms with Crippen LogP contribution < -0.4 is 14.8 Å². The number of nitrogens with zero attached hydrogens (tertiary/aromatic N) is 1. The van der Waals surface area contributed by atoms with E-state index in [1.807, 2.05) is 0 Å². The summed E-state index contributed by atoms with van der Waals surface area (Å²) in [5, 5.41) is 2.52. The SMILES string of the molecule is C=CCN1C(=O)/C(=C/c2cc(Br)c(OCC(=O)OCC)c(OCC)c2)C(=O)NC1=S. The van der Waals surface area contributed by atoms with Crippen molar-refractivity contribution in [2.75, 3.05) is 26.4 Å². The average Bonchev–Trinajstić information content (AvgIpc) is 2.68. The molecule has 0 atom stereocenters. The fourth-order valence-corrected chi connectivity index (χ4v) is 3.39. The molecule has 30 heavy (non-hydrogen) atoms. The third kappa shape index (κ3) is 5.67. The van der Waals surface area contributed by atoms with Crippen LogP contribution in [0.5, 0.6) is 11.5 Å². The Hall–Kier alpha value is -2.72. The average molecular weight is 497 g/mol. The van der Waals surface area contributed by atoms with Gasteiger partial charge in [0.2, 0.25) is 0 Å². The molecule has 0 aliphatic carbocycles. The van der Waals surface area contributed by atoms with Gasteiger partial charge in [0, 0.05) is 6.54 Å². The maximum atomic E-state index is 12.7. The molecule has 2 amide bonds. The lowest BCUT2D eigenvalue weighted by molar-refractivity contribution is -0.145. The van der Waals surface area contributed by atoms with Gasteiger partial charge in [-0.1, -0.05) is 6.08 Å². The predicted molar refractivity (Wildman–Crippen MR) is 118 cm³/mol. The van der Waals surface area contributed by atoms with Crippen molar-refractivity contribution in [3.63, 3.8) is 0 Å². The summed E-state index contributed by atoms with van der Waals surface area (Å²) in [7, 11) is 0. The summed E-state index contributed by atoms with van der Waals surface area (Å²) in [6.45, 7) is 7.55. The van der Waals surface area contributed by atoms with Gasteiger partial charge in [0.1, 0.15) is 5.57 Å². The van der Waals surface area contributed by atoms with Crippen molar-refractivity contribution >= 4 is 57.1 Å². The Morgan fingerprint density at radius 3 is 2.63 bits per heavy atom. The summed E-state index contributed by atoms with van der Waals surface area (Å²) >= 11 is 8.42. The second-order valence-corrected chi connectivity index (χ2v) is 7.12. The number of amides is 2. The Morgan fingerprint density at radius 2 is 2.00 bits per heavy atom. The molecule has 1 saturated heterocycles. The van der Waals surface area contributed by atoms with Gasteiger partial charge < -0.3 is 14.2 Å². The minimum Gasteiger partial charge on any atom is -0.490 e. The van der Waals surface area contributed by atoms with Crippen molar-refractivity contribution < 1.29 is 28.6 Å². The van der Waals surface area contributed by atoms with Gasteiger partial charge in [-0.3, -0.25) is 19.8 Å². The number of carbonyl (C=O) groups is 3. The number of benzene rings is 1. The Labute approximate surface area is 188 Å². The molecule has 0 spiro atoms. The normalized spacial score (nSPS) is 15.1. The summed E-state index contributed by atoms with van der Waals surface area (Å²) in [4.78, 5) is 37.8. The molecular weight excluding hydrogens is 476 g/mol. The summed E-state index contributed by atoms with van der Waals surface area (Å²) in [6.07, 6.45) is 2.94. The van der Waals surface area contributed by atoms with Gasteiger partial charge >= 0.3 is 5.97 Å². The van der Waals surface area contributed by atoms with E-state index in [4.69, 9.17) is 26.4 Å². The van der Waals surface area contributed by atoms with Crippen LogP contribution in [0.15, 0.2) is 34.8 Å². The lowest BCUT2D eigenvalue weighted by Gasteiger charge is -2.27. The maximum absolute atomic E-state index is 12.7. The van der Waals surface area contributed by atoms with Gasteiger partial charge in [-0.05, 0) is 65.8 Å². The minimum absolute atomic E-state index is 0.0287. The van der Waals surface area contributed by atoms with Crippen molar-refractivity contribution in [2.24, 2.45) is 0 Å². The van der Waals surface area contributed by atoms with E-state index < -0.39 is 17.8 Å². The van der Waals surface area contributed by atoms with Gasteiger partial charge in [0.15, 0.2) is 23.2 Å². The number of carbonyl (C=O) groups excluding carboxylic acids is 3. The topological polar surface area (TPSA) is 94.2 Å². The van der Waals surface area contributed by atoms with Gasteiger partial charge in [-0.2, -0.15) is 0 Å². The third-order valence-electron chi connectivity index (χ3n) is 3.78. The third-order valence-corrected chi connectivity index (χ3v) is 4.69. The Kier molecular flexibility index (Phi) is 8.55. The van der Waals surface area contributed by atoms with Crippen molar-refractivity contribution in [3.8, 4) is 11.5 Å². The highest BCUT2D eigenvalue weighted by molar-refractivity contribution is 9.10. The van der Waals surface area contributed by atoms with Gasteiger partial charge in [-0.15, -0.1) is 6.58 Å². The number of thiocarbonyl (C=S) groups is 1. The first-order chi connectivity index (χ1) is 14.3. The molecule has 1 aromatic carbocycles. The fourth-order valence-electron chi connectivity index (χ4n) is 2.56. The number of nitrogens with one attached hydrogen (secondary N) is 1. The molecule has 8 nitrogen and oxygen atoms in total. The van der Waals surface area contributed by atoms with Crippen LogP contribution in [-0.4, -0.2) is 54.2 Å². The van der Waals surface area contributed by atoms with E-state index in [0.717, 1.165) is 0 Å². The first-order valence-corrected chi connectivity index (χ1v) is 10.3. The predicted octanol–water partition coefficient (Wildman–Crippen LogP) is 2.60. The molecule has 1 heterocycles. The first-order valence-electron chi connectivity index (χ1n) is 9.06. The Bertz CT molecular complexity index is 915. The van der Waals surface area contributed by atoms with Crippen LogP contribution in [0.3, 0.4) is 0 Å². The van der Waals surface area contributed by atoms with E-state index in [1.54, 1.807) is 26.0 Å². The van der Waals surface area contributed by atoms with E-state index in [1.165, 1.54) is 17.1 Å². The molecule has 1 fully saturated rings. The molecule has 160 valence electrons. The molecular formula is C20H21BrN2O6S. The quantitative estimate of drug-likeness (QED) is 0.184. The number of rotatable bonds is 9. The molecule has 0 aromatic heterocycles. The van der Waals surface area contributed by atoms with Gasteiger partial charge in [0.25, 0.3) is 11.8 Å². The Morgan fingerprint density at radius 1 is 1.27 bits per heavy atom. The van der Waals surface area contributed by atoms with Crippen LogP contribution >= 0.6 is 28.1 Å². The molecule has 0 unspecified atom stereocenters. The number of hydrogen-bond donors (Lipinski definition) is 1. The van der Waals surface area contributed by atoms with E-state index >= 15 is 0 Å². The fraction of sp³-hybridized carbons (Fsp3) is 0.300. The van der Waals surface area contributed by atoms with Crippen LogP contribution in [0.4, 0.5) is 0 Å². The zero-order valence-corrected chi connectivity index (χ0v) is 18.9. The van der Waals surface area contributed by atoms with Crippen molar-refractivity contribution in [1.82, 2.24) is 10.2 Å². The Balaban J connectivity index is 2.38. The minimum atomic E-state index is -0.595. The van der Waals surface area contributed by atoms with E-state index in [2.05, 4.69) is 27.8 Å². The summed E-state index contributed by atoms with van der Waals surface area (Å²) < 4.78 is 16.5. The van der Waals surface area contributed by atoms with Crippen LogP contribution in [-0.2, 0) is 19.1 Å². The molecule has 0 radical (unpaired) electrons. The van der Waals surface area contributed by atoms with Crippen molar-refractivity contribution in [2.45, 2.75) is 13.8 Å². The highest BCUT2D eigenvalue weighted by Crippen LogP contribution is 2.37. The monoisotopic (exact) mass is 496 g/mol. The van der Waals surface area contributed by atoms with Crippen molar-refractivity contribution in [1.29, 1.82) is 0 Å². The summed E-state index contributed by atoms with van der Waals surface area (Å²) in [5.74, 6) is -0.991. The molecule has 0 bridgehead atoms. The second-order valence-electron chi connectivity index (χ2n) is 5.88. The van der Waals surface area contributed by atoms with Gasteiger partial charge in [-0.25, -0.2) is 4.79 Å². The first kappa shape index (κ1) is 23.6. The van der Waals surface area contributed by atoms with Crippen LogP contribution in [0.2, 0.25) is 0 Å². The molecule has 0 saturated carbocycles. The van der Waals surface area contributed by atoms with E-state index in [-0.39, 0.29) is 30.4 Å². The zero-order valence-electron chi connectivity index (χ0n) is 16.5. The molecule has 1 aliphatic rings. The number of halogens is 1. The molecule has 1 aromatic rings. The number of ether oxygens (including phenoxy) is 3. The lowest BCUT2D eigenvalue weighted by Crippen LogP contribution is -2.53. The number of esters is 1. The molecule has 1 aliphatic heterocycles. The molecule has 2 rings (SSSR count). The van der Waals surface area contributed by atoms with Crippen molar-refractivity contribution in [3.05, 3.63) is 40.4 Å². The standard InChI is InChI=1S/C20H21BrN2O6S/c1-4-7-23-19(26)13(18(25)22-20(23)30)8-12-9-14(21)17(15(10-12)27-5-2)29-11-16(24)28-6-3/h4,8-10H,1,5-7,11H2,2-3H3,(H,22,25,30)/b13-8+. The second kappa shape index (κ2) is 10.9. The highest BCUT2D eigenvalue weighted by Gasteiger charge is 2.32. The molecule has 1 N–H and O–H groups in total. The maximum Gasteiger partial charge on any atom is 0.344 e. The lowest BCUT2D eigenvalue weighted by atomic mass is 10.1. The van der Waals surface area contributed by atoms with Crippen LogP contribution in [0, 0.1) is 0 Å². The van der Waals surface area contributed by atoms with E-state index in [0.29, 0.717) is 28.1 Å². The van der Waals surface area contributed by atoms with Crippen LogP contribution in [0.25, 0.3) is 6.08 Å².